The molecule has 4 N–H and O–H groups in total. The van der Waals surface area contributed by atoms with Crippen molar-refractivity contribution in [3.8, 4) is 0 Å². The lowest BCUT2D eigenvalue weighted by Gasteiger charge is -2.45. The van der Waals surface area contributed by atoms with Gasteiger partial charge in [-0.15, -0.1) is 0 Å². The van der Waals surface area contributed by atoms with Gasteiger partial charge in [-0.3, -0.25) is 5.73 Å². The fourth-order valence-electron chi connectivity index (χ4n) is 5.77. The van der Waals surface area contributed by atoms with Crippen molar-refractivity contribution >= 4 is 17.3 Å². The zero-order valence-corrected chi connectivity index (χ0v) is 13.5. The van der Waals surface area contributed by atoms with Gasteiger partial charge in [-0.25, -0.2) is 0 Å². The van der Waals surface area contributed by atoms with E-state index in [2.05, 4.69) is 5.32 Å². The number of thiocarbonyl (C=S) groups is 1. The van der Waals surface area contributed by atoms with E-state index in [4.69, 9.17) is 18.0 Å². The summed E-state index contributed by atoms with van der Waals surface area (Å²) in [5, 5.41) is 14.5. The molecule has 4 aliphatic rings. The molecule has 0 amide bonds. The van der Waals surface area contributed by atoms with Crippen LogP contribution in [0.3, 0.4) is 0 Å². The lowest BCUT2D eigenvalue weighted by atomic mass is 9.91. The Hall–Kier alpha value is -0.390. The number of nitrogens with one attached hydrogen (secondary N) is 1. The lowest BCUT2D eigenvalue weighted by Crippen LogP contribution is -2.63. The predicted octanol–water partition coefficient (Wildman–Crippen LogP) is 2.06. The zero-order valence-electron chi connectivity index (χ0n) is 12.7. The van der Waals surface area contributed by atoms with Crippen molar-refractivity contribution in [2.24, 2.45) is 17.6 Å². The number of hydrogen-bond acceptors (Lipinski definition) is 3. The maximum Gasteiger partial charge on any atom is 0.183 e. The third-order valence-corrected chi connectivity index (χ3v) is 7.11. The normalized spacial score (nSPS) is 45.0. The van der Waals surface area contributed by atoms with Crippen molar-refractivity contribution < 1.29 is 5.11 Å². The number of rotatable bonds is 3. The molecule has 0 aliphatic heterocycles. The lowest BCUT2D eigenvalue weighted by molar-refractivity contribution is -0.0106. The first kappa shape index (κ1) is 14.2. The monoisotopic (exact) mass is 309 g/mol. The third kappa shape index (κ3) is 2.20. The number of nitrogens with two attached hydrogens (primary N) is 1. The van der Waals surface area contributed by atoms with Crippen molar-refractivity contribution in [2.75, 3.05) is 0 Å². The van der Waals surface area contributed by atoms with Gasteiger partial charge in [-0.1, -0.05) is 0 Å². The molecule has 4 bridgehead atoms. The number of aliphatic hydroxyl groups is 1. The Morgan fingerprint density at radius 3 is 2.10 bits per heavy atom. The third-order valence-electron chi connectivity index (χ3n) is 6.81. The molecule has 4 saturated carbocycles. The molecule has 0 radical (unpaired) electrons. The summed E-state index contributed by atoms with van der Waals surface area (Å²) < 4.78 is 0. The molecule has 1 unspecified atom stereocenters. The quantitative estimate of drug-likeness (QED) is 0.550. The van der Waals surface area contributed by atoms with E-state index < -0.39 is 6.35 Å². The van der Waals surface area contributed by atoms with Crippen LogP contribution in [-0.4, -0.2) is 32.5 Å². The predicted molar refractivity (Wildman–Crippen MR) is 86.4 cm³/mol. The topological polar surface area (TPSA) is 61.5 Å². The second-order valence-electron chi connectivity index (χ2n) is 8.01. The first-order valence-electron chi connectivity index (χ1n) is 8.57. The summed E-state index contributed by atoms with van der Waals surface area (Å²) in [6.45, 7) is 0. The summed E-state index contributed by atoms with van der Waals surface area (Å²) in [4.78, 5) is 1.95. The molecule has 0 spiro atoms. The Morgan fingerprint density at radius 2 is 1.67 bits per heavy atom. The van der Waals surface area contributed by atoms with Gasteiger partial charge < -0.3 is 15.3 Å². The molecule has 0 aromatic carbocycles. The van der Waals surface area contributed by atoms with Gasteiger partial charge in [0.1, 0.15) is 0 Å². The van der Waals surface area contributed by atoms with Crippen molar-refractivity contribution in [3.63, 3.8) is 0 Å². The van der Waals surface area contributed by atoms with Crippen LogP contribution in [-0.2, 0) is 0 Å². The van der Waals surface area contributed by atoms with Crippen LogP contribution in [0.1, 0.15) is 64.2 Å². The molecule has 5 heteroatoms. The van der Waals surface area contributed by atoms with Gasteiger partial charge in [-0.2, -0.15) is 0 Å². The fourth-order valence-corrected chi connectivity index (χ4v) is 6.29. The smallest absolute Gasteiger partial charge is 0.183 e. The highest BCUT2D eigenvalue weighted by Crippen LogP contribution is 2.52. The highest BCUT2D eigenvalue weighted by Gasteiger charge is 2.52. The summed E-state index contributed by atoms with van der Waals surface area (Å²) in [6.07, 6.45) is 11.3. The SMILES string of the molecule is NC(O)N(C(=S)NC12CCC(CC1)C2)C12CCC(CC1)C2. The van der Waals surface area contributed by atoms with E-state index in [1.54, 1.807) is 0 Å². The molecule has 0 aromatic rings. The first-order valence-corrected chi connectivity index (χ1v) is 8.98. The van der Waals surface area contributed by atoms with E-state index >= 15 is 0 Å². The maximum absolute atomic E-state index is 10.2. The van der Waals surface area contributed by atoms with Crippen LogP contribution in [0, 0.1) is 11.8 Å². The Balaban J connectivity index is 1.53. The highest BCUT2D eigenvalue weighted by atomic mass is 32.1. The van der Waals surface area contributed by atoms with Crippen LogP contribution in [0.25, 0.3) is 0 Å². The Morgan fingerprint density at radius 1 is 1.10 bits per heavy atom. The van der Waals surface area contributed by atoms with Crippen LogP contribution in [0.4, 0.5) is 0 Å². The number of fused-ring (bicyclic) bond motifs is 4. The van der Waals surface area contributed by atoms with E-state index in [-0.39, 0.29) is 11.1 Å². The first-order chi connectivity index (χ1) is 10.0. The maximum atomic E-state index is 10.2. The number of aliphatic hydroxyl groups excluding tert-OH is 1. The molecule has 4 fully saturated rings. The molecule has 4 rings (SSSR count). The summed E-state index contributed by atoms with van der Waals surface area (Å²) in [7, 11) is 0. The number of hydrogen-bond donors (Lipinski definition) is 3. The van der Waals surface area contributed by atoms with E-state index in [1.165, 1.54) is 44.9 Å². The summed E-state index contributed by atoms with van der Waals surface area (Å²) in [5.41, 5.74) is 6.14. The molecule has 0 aromatic heterocycles. The van der Waals surface area contributed by atoms with Crippen molar-refractivity contribution in [2.45, 2.75) is 81.6 Å². The summed E-state index contributed by atoms with van der Waals surface area (Å²) >= 11 is 5.71. The molecule has 0 saturated heterocycles. The molecule has 21 heavy (non-hydrogen) atoms. The van der Waals surface area contributed by atoms with Gasteiger partial charge in [0.05, 0.1) is 0 Å². The highest BCUT2D eigenvalue weighted by molar-refractivity contribution is 7.80. The second-order valence-corrected chi connectivity index (χ2v) is 8.40. The standard InChI is InChI=1S/C16H27N3OS/c17-13(20)19(16-7-3-12(10-16)4-8-16)14(21)18-15-5-1-11(9-15)2-6-15/h11-13,20H,1-10,17H2,(H,18,21). The van der Waals surface area contributed by atoms with Crippen molar-refractivity contribution in [1.82, 2.24) is 10.2 Å². The number of nitrogens with zero attached hydrogens (tertiary/aromatic N) is 1. The van der Waals surface area contributed by atoms with E-state index in [0.717, 1.165) is 31.1 Å². The molecule has 118 valence electrons. The van der Waals surface area contributed by atoms with Crippen LogP contribution in [0.15, 0.2) is 0 Å². The minimum absolute atomic E-state index is 0.0240. The zero-order chi connectivity index (χ0) is 14.7. The van der Waals surface area contributed by atoms with Crippen molar-refractivity contribution in [3.05, 3.63) is 0 Å². The van der Waals surface area contributed by atoms with Crippen LogP contribution < -0.4 is 11.1 Å². The Labute approximate surface area is 132 Å². The van der Waals surface area contributed by atoms with E-state index in [1.807, 2.05) is 4.90 Å². The van der Waals surface area contributed by atoms with Gasteiger partial charge in [-0.05, 0) is 88.3 Å². The second kappa shape index (κ2) is 4.80. The minimum Gasteiger partial charge on any atom is -0.361 e. The van der Waals surface area contributed by atoms with Gasteiger partial charge in [0.2, 0.25) is 0 Å². The minimum atomic E-state index is -0.975. The largest absolute Gasteiger partial charge is 0.361 e. The molecule has 1 atom stereocenters. The average Bonchev–Trinajstić information content (AvgIpc) is 3.16. The van der Waals surface area contributed by atoms with E-state index in [9.17, 15) is 5.11 Å². The van der Waals surface area contributed by atoms with Crippen molar-refractivity contribution in [1.29, 1.82) is 0 Å². The molecule has 4 nitrogen and oxygen atoms in total. The summed E-state index contributed by atoms with van der Waals surface area (Å²) in [5.74, 6) is 1.70. The van der Waals surface area contributed by atoms with Crippen LogP contribution in [0.5, 0.6) is 0 Å². The fraction of sp³-hybridized carbons (Fsp3) is 0.938. The summed E-state index contributed by atoms with van der Waals surface area (Å²) in [6, 6.07) is 0. The van der Waals surface area contributed by atoms with Crippen LogP contribution in [0.2, 0.25) is 0 Å². The van der Waals surface area contributed by atoms with Gasteiger partial charge in [0.25, 0.3) is 0 Å². The Bertz CT molecular complexity index is 437. The molecule has 0 heterocycles. The van der Waals surface area contributed by atoms with E-state index in [0.29, 0.717) is 5.11 Å². The van der Waals surface area contributed by atoms with Gasteiger partial charge >= 0.3 is 0 Å². The van der Waals surface area contributed by atoms with Crippen LogP contribution >= 0.6 is 12.2 Å². The van der Waals surface area contributed by atoms with Gasteiger partial charge in [0.15, 0.2) is 11.5 Å². The molecule has 4 aliphatic carbocycles. The Kier molecular flexibility index (Phi) is 3.25. The van der Waals surface area contributed by atoms with Gasteiger partial charge in [0, 0.05) is 11.1 Å². The molecular formula is C16H27N3OS. The average molecular weight is 309 g/mol. The molecular weight excluding hydrogens is 282 g/mol.